The molecule has 2 aliphatic heterocycles. The van der Waals surface area contributed by atoms with Crippen LogP contribution in [0.25, 0.3) is 6.08 Å². The van der Waals surface area contributed by atoms with Gasteiger partial charge in [-0.15, -0.1) is 0 Å². The third-order valence-corrected chi connectivity index (χ3v) is 3.79. The SMILES string of the molecule is O=C(C=Cc1ccco1)N1CCC2(CC1)OCCCO2. The first-order chi connectivity index (χ1) is 9.77. The molecule has 5 heteroatoms. The van der Waals surface area contributed by atoms with E-state index >= 15 is 0 Å². The zero-order valence-electron chi connectivity index (χ0n) is 11.4. The molecule has 0 atom stereocenters. The predicted molar refractivity (Wildman–Crippen MR) is 72.8 cm³/mol. The van der Waals surface area contributed by atoms with E-state index < -0.39 is 5.79 Å². The van der Waals surface area contributed by atoms with E-state index in [2.05, 4.69) is 0 Å². The number of hydrogen-bond donors (Lipinski definition) is 0. The smallest absolute Gasteiger partial charge is 0.246 e. The molecule has 0 unspecified atom stereocenters. The van der Waals surface area contributed by atoms with Gasteiger partial charge >= 0.3 is 0 Å². The Morgan fingerprint density at radius 1 is 1.25 bits per heavy atom. The van der Waals surface area contributed by atoms with Gasteiger partial charge < -0.3 is 18.8 Å². The number of rotatable bonds is 2. The van der Waals surface area contributed by atoms with Gasteiger partial charge in [-0.25, -0.2) is 0 Å². The van der Waals surface area contributed by atoms with Gasteiger partial charge in [-0.1, -0.05) is 0 Å². The molecular weight excluding hydrogens is 258 g/mol. The maximum atomic E-state index is 12.1. The van der Waals surface area contributed by atoms with Crippen LogP contribution in [0.15, 0.2) is 28.9 Å². The molecule has 1 aromatic heterocycles. The van der Waals surface area contributed by atoms with Gasteiger partial charge in [-0.05, 0) is 24.6 Å². The van der Waals surface area contributed by atoms with Crippen molar-refractivity contribution >= 4 is 12.0 Å². The maximum Gasteiger partial charge on any atom is 0.246 e. The number of ether oxygens (including phenoxy) is 2. The molecule has 0 bridgehead atoms. The molecule has 3 rings (SSSR count). The van der Waals surface area contributed by atoms with Crippen LogP contribution in [0.5, 0.6) is 0 Å². The van der Waals surface area contributed by atoms with Crippen LogP contribution in [0.2, 0.25) is 0 Å². The van der Waals surface area contributed by atoms with Crippen LogP contribution in [0.3, 0.4) is 0 Å². The average molecular weight is 277 g/mol. The van der Waals surface area contributed by atoms with Crippen molar-refractivity contribution in [3.05, 3.63) is 30.2 Å². The van der Waals surface area contributed by atoms with Gasteiger partial charge in [0.2, 0.25) is 5.91 Å². The van der Waals surface area contributed by atoms with Gasteiger partial charge in [0.1, 0.15) is 5.76 Å². The highest BCUT2D eigenvalue weighted by Crippen LogP contribution is 2.30. The fraction of sp³-hybridized carbons (Fsp3) is 0.533. The molecule has 2 saturated heterocycles. The minimum absolute atomic E-state index is 0.00654. The Balaban J connectivity index is 1.53. The number of hydrogen-bond acceptors (Lipinski definition) is 4. The quantitative estimate of drug-likeness (QED) is 0.776. The molecule has 1 spiro atoms. The summed E-state index contributed by atoms with van der Waals surface area (Å²) in [5.41, 5.74) is 0. The van der Waals surface area contributed by atoms with Crippen LogP contribution in [0.4, 0.5) is 0 Å². The van der Waals surface area contributed by atoms with Crippen molar-refractivity contribution in [2.24, 2.45) is 0 Å². The van der Waals surface area contributed by atoms with Crippen LogP contribution in [-0.4, -0.2) is 42.9 Å². The number of carbonyl (C=O) groups is 1. The molecule has 0 N–H and O–H groups in total. The summed E-state index contributed by atoms with van der Waals surface area (Å²) < 4.78 is 16.7. The van der Waals surface area contributed by atoms with E-state index in [1.165, 1.54) is 0 Å². The van der Waals surface area contributed by atoms with Crippen LogP contribution in [0, 0.1) is 0 Å². The molecule has 108 valence electrons. The average Bonchev–Trinajstić information content (AvgIpc) is 3.00. The normalized spacial score (nSPS) is 22.5. The van der Waals surface area contributed by atoms with Crippen molar-refractivity contribution in [1.29, 1.82) is 0 Å². The Hall–Kier alpha value is -1.59. The largest absolute Gasteiger partial charge is 0.465 e. The molecule has 0 aromatic carbocycles. The molecular formula is C15H19NO4. The van der Waals surface area contributed by atoms with Gasteiger partial charge in [0.15, 0.2) is 5.79 Å². The summed E-state index contributed by atoms with van der Waals surface area (Å²) in [7, 11) is 0. The van der Waals surface area contributed by atoms with Gasteiger partial charge in [0.25, 0.3) is 0 Å². The number of likely N-dealkylation sites (tertiary alicyclic amines) is 1. The van der Waals surface area contributed by atoms with Crippen LogP contribution >= 0.6 is 0 Å². The Morgan fingerprint density at radius 3 is 2.65 bits per heavy atom. The van der Waals surface area contributed by atoms with E-state index in [1.807, 2.05) is 11.0 Å². The zero-order chi connectivity index (χ0) is 13.8. The third kappa shape index (κ3) is 2.94. The van der Waals surface area contributed by atoms with Crippen molar-refractivity contribution in [2.45, 2.75) is 25.0 Å². The van der Waals surface area contributed by atoms with Gasteiger partial charge in [0.05, 0.1) is 19.5 Å². The Bertz CT molecular complexity index is 464. The van der Waals surface area contributed by atoms with Crippen molar-refractivity contribution in [2.75, 3.05) is 26.3 Å². The molecule has 1 aromatic rings. The number of furan rings is 1. The Morgan fingerprint density at radius 2 is 2.00 bits per heavy atom. The van der Waals surface area contributed by atoms with E-state index in [-0.39, 0.29) is 5.91 Å². The number of nitrogens with zero attached hydrogens (tertiary/aromatic N) is 1. The molecule has 0 aliphatic carbocycles. The summed E-state index contributed by atoms with van der Waals surface area (Å²) in [5, 5.41) is 0. The highest BCUT2D eigenvalue weighted by molar-refractivity contribution is 5.91. The van der Waals surface area contributed by atoms with E-state index in [1.54, 1.807) is 24.5 Å². The fourth-order valence-corrected chi connectivity index (χ4v) is 2.62. The Kier molecular flexibility index (Phi) is 3.89. The van der Waals surface area contributed by atoms with E-state index in [9.17, 15) is 4.79 Å². The molecule has 3 heterocycles. The third-order valence-electron chi connectivity index (χ3n) is 3.79. The number of amides is 1. The lowest BCUT2D eigenvalue weighted by Gasteiger charge is -2.43. The summed E-state index contributed by atoms with van der Waals surface area (Å²) in [5.74, 6) is 0.248. The standard InChI is InChI=1S/C15H19NO4/c17-14(5-4-13-3-1-10-18-13)16-8-6-15(7-9-16)19-11-2-12-20-15/h1,3-5,10H,2,6-9,11-12H2. The Labute approximate surface area is 118 Å². The second kappa shape index (κ2) is 5.81. The topological polar surface area (TPSA) is 51.9 Å². The molecule has 0 radical (unpaired) electrons. The predicted octanol–water partition coefficient (Wildman–Crippen LogP) is 2.05. The number of piperidine rings is 1. The summed E-state index contributed by atoms with van der Waals surface area (Å²) in [6.45, 7) is 2.85. The lowest BCUT2D eigenvalue weighted by Crippen LogP contribution is -2.51. The molecule has 1 amide bonds. The molecule has 0 saturated carbocycles. The highest BCUT2D eigenvalue weighted by atomic mass is 16.7. The lowest BCUT2D eigenvalue weighted by molar-refractivity contribution is -0.282. The van der Waals surface area contributed by atoms with Crippen LogP contribution < -0.4 is 0 Å². The maximum absolute atomic E-state index is 12.1. The first-order valence-corrected chi connectivity index (χ1v) is 7.06. The van der Waals surface area contributed by atoms with E-state index in [4.69, 9.17) is 13.9 Å². The van der Waals surface area contributed by atoms with Gasteiger partial charge in [-0.3, -0.25) is 4.79 Å². The number of carbonyl (C=O) groups excluding carboxylic acids is 1. The minimum Gasteiger partial charge on any atom is -0.465 e. The zero-order valence-corrected chi connectivity index (χ0v) is 11.4. The lowest BCUT2D eigenvalue weighted by atomic mass is 10.0. The fourth-order valence-electron chi connectivity index (χ4n) is 2.62. The van der Waals surface area contributed by atoms with Crippen LogP contribution in [-0.2, 0) is 14.3 Å². The van der Waals surface area contributed by atoms with Gasteiger partial charge in [0, 0.05) is 32.0 Å². The molecule has 20 heavy (non-hydrogen) atoms. The monoisotopic (exact) mass is 277 g/mol. The summed E-state index contributed by atoms with van der Waals surface area (Å²) in [6, 6.07) is 3.62. The molecule has 2 aliphatic rings. The van der Waals surface area contributed by atoms with E-state index in [0.29, 0.717) is 18.8 Å². The van der Waals surface area contributed by atoms with Crippen LogP contribution in [0.1, 0.15) is 25.0 Å². The van der Waals surface area contributed by atoms with Crippen molar-refractivity contribution in [1.82, 2.24) is 4.90 Å². The first kappa shape index (κ1) is 13.4. The van der Waals surface area contributed by atoms with Crippen molar-refractivity contribution < 1.29 is 18.7 Å². The second-order valence-electron chi connectivity index (χ2n) is 5.14. The van der Waals surface area contributed by atoms with E-state index in [0.717, 1.165) is 32.5 Å². The molecule has 5 nitrogen and oxygen atoms in total. The molecule has 2 fully saturated rings. The van der Waals surface area contributed by atoms with Crippen molar-refractivity contribution in [3.8, 4) is 0 Å². The van der Waals surface area contributed by atoms with Gasteiger partial charge in [-0.2, -0.15) is 0 Å². The second-order valence-corrected chi connectivity index (χ2v) is 5.14. The summed E-state index contributed by atoms with van der Waals surface area (Å²) in [4.78, 5) is 13.9. The minimum atomic E-state index is -0.445. The first-order valence-electron chi connectivity index (χ1n) is 7.06. The summed E-state index contributed by atoms with van der Waals surface area (Å²) in [6.07, 6.45) is 7.28. The van der Waals surface area contributed by atoms with Crippen molar-refractivity contribution in [3.63, 3.8) is 0 Å². The highest BCUT2D eigenvalue weighted by Gasteiger charge is 2.38. The summed E-state index contributed by atoms with van der Waals surface area (Å²) >= 11 is 0.